The Kier molecular flexibility index (Phi) is 3.06. The van der Waals surface area contributed by atoms with Crippen LogP contribution in [0.4, 0.5) is 0 Å². The summed E-state index contributed by atoms with van der Waals surface area (Å²) < 4.78 is 2.13. The van der Waals surface area contributed by atoms with Gasteiger partial charge in [-0.1, -0.05) is 11.6 Å². The average molecular weight is 272 g/mol. The molecule has 0 amide bonds. The Morgan fingerprint density at radius 2 is 2.21 bits per heavy atom. The highest BCUT2D eigenvalue weighted by Crippen LogP contribution is 2.31. The predicted octanol–water partition coefficient (Wildman–Crippen LogP) is 3.34. The monoisotopic (exact) mass is 271 g/mol. The number of rotatable bonds is 1. The Balaban J connectivity index is 2.08. The third-order valence-electron chi connectivity index (χ3n) is 3.71. The third kappa shape index (κ3) is 2.03. The molecule has 0 aliphatic heterocycles. The molecular weight excluding hydrogens is 258 g/mol. The Labute approximate surface area is 117 Å². The fraction of sp³-hybridized carbons (Fsp3) is 0.267. The van der Waals surface area contributed by atoms with Crippen LogP contribution in [0.3, 0.4) is 0 Å². The van der Waals surface area contributed by atoms with Crippen LogP contribution in [0.1, 0.15) is 35.7 Å². The number of hydrogen-bond acceptors (Lipinski definition) is 2. The molecule has 0 fully saturated rings. The molecule has 3 nitrogen and oxygen atoms in total. The summed E-state index contributed by atoms with van der Waals surface area (Å²) in [5.41, 5.74) is 10.1. The Morgan fingerprint density at radius 3 is 2.95 bits per heavy atom. The molecule has 1 aromatic carbocycles. The minimum absolute atomic E-state index is 0.138. The Morgan fingerprint density at radius 1 is 1.37 bits per heavy atom. The number of nitriles is 1. The van der Waals surface area contributed by atoms with Crippen molar-refractivity contribution in [3.05, 3.63) is 52.3 Å². The molecule has 0 saturated heterocycles. The first-order valence-corrected chi connectivity index (χ1v) is 6.74. The van der Waals surface area contributed by atoms with Crippen LogP contribution in [0, 0.1) is 11.3 Å². The summed E-state index contributed by atoms with van der Waals surface area (Å²) in [4.78, 5) is 0. The lowest BCUT2D eigenvalue weighted by molar-refractivity contribution is 0.560. The molecule has 0 bridgehead atoms. The Bertz CT molecular complexity index is 667. The molecule has 1 atom stereocenters. The number of benzene rings is 1. The molecule has 96 valence electrons. The minimum atomic E-state index is 0.138. The summed E-state index contributed by atoms with van der Waals surface area (Å²) in [6, 6.07) is 9.81. The number of nitrogens with two attached hydrogens (primary N) is 1. The van der Waals surface area contributed by atoms with Gasteiger partial charge in [0.05, 0.1) is 10.6 Å². The van der Waals surface area contributed by atoms with Gasteiger partial charge in [-0.3, -0.25) is 0 Å². The van der Waals surface area contributed by atoms with Crippen molar-refractivity contribution in [3.63, 3.8) is 0 Å². The lowest BCUT2D eigenvalue weighted by Gasteiger charge is -2.21. The van der Waals surface area contributed by atoms with E-state index in [4.69, 9.17) is 22.6 Å². The molecular formula is C15H14ClN3. The topological polar surface area (TPSA) is 54.7 Å². The first-order chi connectivity index (χ1) is 9.20. The maximum absolute atomic E-state index is 8.91. The van der Waals surface area contributed by atoms with Gasteiger partial charge in [0.1, 0.15) is 6.07 Å². The van der Waals surface area contributed by atoms with Crippen LogP contribution >= 0.6 is 11.6 Å². The summed E-state index contributed by atoms with van der Waals surface area (Å²) in [7, 11) is 0. The van der Waals surface area contributed by atoms with E-state index >= 15 is 0 Å². The third-order valence-corrected chi connectivity index (χ3v) is 4.02. The fourth-order valence-electron chi connectivity index (χ4n) is 2.71. The first kappa shape index (κ1) is 12.3. The van der Waals surface area contributed by atoms with Crippen molar-refractivity contribution in [2.24, 2.45) is 5.73 Å². The summed E-state index contributed by atoms with van der Waals surface area (Å²) in [5, 5.41) is 9.40. The van der Waals surface area contributed by atoms with Gasteiger partial charge >= 0.3 is 0 Å². The zero-order valence-corrected chi connectivity index (χ0v) is 11.2. The summed E-state index contributed by atoms with van der Waals surface area (Å²) >= 11 is 6.10. The quantitative estimate of drug-likeness (QED) is 0.865. The fourth-order valence-corrected chi connectivity index (χ4v) is 2.93. The minimum Gasteiger partial charge on any atom is -0.324 e. The number of hydrogen-bond donors (Lipinski definition) is 1. The average Bonchev–Trinajstić information content (AvgIpc) is 2.84. The van der Waals surface area contributed by atoms with E-state index in [2.05, 4.69) is 16.7 Å². The van der Waals surface area contributed by atoms with E-state index in [1.807, 2.05) is 18.3 Å². The molecule has 0 radical (unpaired) electrons. The van der Waals surface area contributed by atoms with Crippen molar-refractivity contribution in [2.45, 2.75) is 25.3 Å². The second kappa shape index (κ2) is 4.73. The highest BCUT2D eigenvalue weighted by atomic mass is 35.5. The van der Waals surface area contributed by atoms with Crippen LogP contribution in [0.5, 0.6) is 0 Å². The van der Waals surface area contributed by atoms with Gasteiger partial charge in [0, 0.05) is 23.6 Å². The largest absolute Gasteiger partial charge is 0.324 e. The molecule has 1 heterocycles. The van der Waals surface area contributed by atoms with E-state index in [0.29, 0.717) is 10.6 Å². The summed E-state index contributed by atoms with van der Waals surface area (Å²) in [6.45, 7) is 0. The molecule has 19 heavy (non-hydrogen) atoms. The molecule has 0 spiro atoms. The summed E-state index contributed by atoms with van der Waals surface area (Å²) in [6.07, 6.45) is 5.23. The number of fused-ring (bicyclic) bond motifs is 1. The van der Waals surface area contributed by atoms with Crippen LogP contribution < -0.4 is 5.73 Å². The maximum atomic E-state index is 8.91. The van der Waals surface area contributed by atoms with Crippen molar-refractivity contribution >= 4 is 11.6 Å². The lowest BCUT2D eigenvalue weighted by atomic mass is 9.93. The van der Waals surface area contributed by atoms with E-state index in [9.17, 15) is 0 Å². The standard InChI is InChI=1S/C15H14ClN3/c16-13-8-11(5-4-10(13)9-17)19-7-6-12-14(18)2-1-3-15(12)19/h4-8,14H,1-3,18H2. The van der Waals surface area contributed by atoms with Gasteiger partial charge in [0.25, 0.3) is 0 Å². The van der Waals surface area contributed by atoms with Crippen LogP contribution in [0.25, 0.3) is 5.69 Å². The molecule has 0 saturated carbocycles. The van der Waals surface area contributed by atoms with E-state index in [-0.39, 0.29) is 6.04 Å². The highest BCUT2D eigenvalue weighted by Gasteiger charge is 2.20. The van der Waals surface area contributed by atoms with Gasteiger partial charge in [-0.25, -0.2) is 0 Å². The first-order valence-electron chi connectivity index (χ1n) is 6.36. The highest BCUT2D eigenvalue weighted by molar-refractivity contribution is 6.31. The van der Waals surface area contributed by atoms with Gasteiger partial charge in [-0.15, -0.1) is 0 Å². The predicted molar refractivity (Wildman–Crippen MR) is 75.4 cm³/mol. The summed E-state index contributed by atoms with van der Waals surface area (Å²) in [5.74, 6) is 0. The molecule has 2 N–H and O–H groups in total. The van der Waals surface area contributed by atoms with Crippen LogP contribution in [-0.4, -0.2) is 4.57 Å². The van der Waals surface area contributed by atoms with E-state index in [1.165, 1.54) is 11.3 Å². The SMILES string of the molecule is N#Cc1ccc(-n2ccc3c2CCCC3N)cc1Cl. The van der Waals surface area contributed by atoms with Gasteiger partial charge < -0.3 is 10.3 Å². The number of halogens is 1. The smallest absolute Gasteiger partial charge is 0.101 e. The molecule has 1 aromatic heterocycles. The second-order valence-electron chi connectivity index (χ2n) is 4.86. The van der Waals surface area contributed by atoms with Crippen molar-refractivity contribution in [2.75, 3.05) is 0 Å². The van der Waals surface area contributed by atoms with Crippen molar-refractivity contribution < 1.29 is 0 Å². The molecule has 1 unspecified atom stereocenters. The molecule has 2 aromatic rings. The molecule has 4 heteroatoms. The molecule has 1 aliphatic rings. The van der Waals surface area contributed by atoms with Gasteiger partial charge in [0.15, 0.2) is 0 Å². The molecule has 3 rings (SSSR count). The van der Waals surface area contributed by atoms with Crippen LogP contribution in [0.2, 0.25) is 5.02 Å². The van der Waals surface area contributed by atoms with Crippen molar-refractivity contribution in [3.8, 4) is 11.8 Å². The van der Waals surface area contributed by atoms with Gasteiger partial charge in [-0.2, -0.15) is 5.26 Å². The maximum Gasteiger partial charge on any atom is 0.101 e. The lowest BCUT2D eigenvalue weighted by Crippen LogP contribution is -2.17. The van der Waals surface area contributed by atoms with E-state index < -0.39 is 0 Å². The zero-order chi connectivity index (χ0) is 13.4. The normalized spacial score (nSPS) is 17.8. The van der Waals surface area contributed by atoms with Gasteiger partial charge in [0.2, 0.25) is 0 Å². The van der Waals surface area contributed by atoms with E-state index in [1.54, 1.807) is 6.07 Å². The molecule has 1 aliphatic carbocycles. The van der Waals surface area contributed by atoms with Crippen LogP contribution in [0.15, 0.2) is 30.5 Å². The number of aromatic nitrogens is 1. The van der Waals surface area contributed by atoms with Gasteiger partial charge in [-0.05, 0) is 49.1 Å². The zero-order valence-electron chi connectivity index (χ0n) is 10.4. The van der Waals surface area contributed by atoms with Crippen LogP contribution in [-0.2, 0) is 6.42 Å². The van der Waals surface area contributed by atoms with Crippen molar-refractivity contribution in [1.29, 1.82) is 5.26 Å². The second-order valence-corrected chi connectivity index (χ2v) is 5.27. The van der Waals surface area contributed by atoms with E-state index in [0.717, 1.165) is 24.9 Å². The number of nitrogens with zero attached hydrogens (tertiary/aromatic N) is 2. The van der Waals surface area contributed by atoms with Crippen molar-refractivity contribution in [1.82, 2.24) is 4.57 Å². The Hall–Kier alpha value is -1.76.